The van der Waals surface area contributed by atoms with Gasteiger partial charge in [0.25, 0.3) is 0 Å². The van der Waals surface area contributed by atoms with Gasteiger partial charge >= 0.3 is 0 Å². The molecule has 1 fully saturated rings. The first-order valence-electron chi connectivity index (χ1n) is 6.59. The molecule has 2 aliphatic rings. The van der Waals surface area contributed by atoms with Gasteiger partial charge in [-0.2, -0.15) is 0 Å². The van der Waals surface area contributed by atoms with E-state index in [0.717, 1.165) is 12.3 Å². The van der Waals surface area contributed by atoms with Crippen LogP contribution in [-0.2, 0) is 6.42 Å². The van der Waals surface area contributed by atoms with Gasteiger partial charge in [-0.3, -0.25) is 0 Å². The van der Waals surface area contributed by atoms with Crippen LogP contribution >= 0.6 is 11.3 Å². The van der Waals surface area contributed by atoms with E-state index in [0.29, 0.717) is 5.92 Å². The number of thiophene rings is 1. The molecule has 88 valence electrons. The molecular formula is C14H20OS. The Kier molecular flexibility index (Phi) is 3.03. The summed E-state index contributed by atoms with van der Waals surface area (Å²) in [4.78, 5) is 1.53. The van der Waals surface area contributed by atoms with Crippen molar-refractivity contribution in [3.63, 3.8) is 0 Å². The Bertz CT molecular complexity index is 353. The fourth-order valence-corrected chi connectivity index (χ4v) is 3.93. The molecule has 0 amide bonds. The number of fused-ring (bicyclic) bond motifs is 1. The fraction of sp³-hybridized carbons (Fsp3) is 0.714. The first-order valence-corrected chi connectivity index (χ1v) is 7.47. The minimum atomic E-state index is -0.0887. The molecule has 1 heterocycles. The standard InChI is InChI=1S/C14H20OS/c15-13(7-6-10-4-5-10)11-2-1-3-14-12(11)8-9-16-14/h8-11,13,15H,1-7H2. The van der Waals surface area contributed by atoms with Crippen molar-refractivity contribution < 1.29 is 5.11 Å². The summed E-state index contributed by atoms with van der Waals surface area (Å²) in [7, 11) is 0. The monoisotopic (exact) mass is 236 g/mol. The Morgan fingerprint density at radius 3 is 3.06 bits per heavy atom. The third-order valence-electron chi connectivity index (χ3n) is 4.13. The Balaban J connectivity index is 1.65. The van der Waals surface area contributed by atoms with Crippen molar-refractivity contribution in [1.82, 2.24) is 0 Å². The van der Waals surface area contributed by atoms with E-state index >= 15 is 0 Å². The summed E-state index contributed by atoms with van der Waals surface area (Å²) >= 11 is 1.87. The van der Waals surface area contributed by atoms with E-state index in [1.807, 2.05) is 11.3 Å². The Labute approximate surface area is 102 Å². The molecule has 0 saturated heterocycles. The highest BCUT2D eigenvalue weighted by atomic mass is 32.1. The highest BCUT2D eigenvalue weighted by Gasteiger charge is 2.29. The molecule has 0 spiro atoms. The van der Waals surface area contributed by atoms with E-state index in [1.165, 1.54) is 49.0 Å². The zero-order valence-corrected chi connectivity index (χ0v) is 10.5. The average molecular weight is 236 g/mol. The minimum Gasteiger partial charge on any atom is -0.392 e. The summed E-state index contributed by atoms with van der Waals surface area (Å²) in [5, 5.41) is 12.5. The Morgan fingerprint density at radius 2 is 2.25 bits per heavy atom. The minimum absolute atomic E-state index is 0.0887. The molecule has 3 rings (SSSR count). The van der Waals surface area contributed by atoms with Crippen LogP contribution in [0.4, 0.5) is 0 Å². The molecule has 2 heteroatoms. The summed E-state index contributed by atoms with van der Waals surface area (Å²) in [6.45, 7) is 0. The SMILES string of the molecule is OC(CCC1CC1)C1CCCc2sccc21. The third kappa shape index (κ3) is 2.18. The second kappa shape index (κ2) is 4.50. The first-order chi connectivity index (χ1) is 7.84. The lowest BCUT2D eigenvalue weighted by molar-refractivity contribution is 0.121. The van der Waals surface area contributed by atoms with E-state index < -0.39 is 0 Å². The van der Waals surface area contributed by atoms with Crippen molar-refractivity contribution in [1.29, 1.82) is 0 Å². The van der Waals surface area contributed by atoms with E-state index in [-0.39, 0.29) is 6.10 Å². The van der Waals surface area contributed by atoms with Crippen molar-refractivity contribution in [2.24, 2.45) is 5.92 Å². The van der Waals surface area contributed by atoms with Gasteiger partial charge < -0.3 is 5.11 Å². The van der Waals surface area contributed by atoms with E-state index in [9.17, 15) is 5.11 Å². The summed E-state index contributed by atoms with van der Waals surface area (Å²) in [6.07, 6.45) is 8.67. The predicted molar refractivity (Wildman–Crippen MR) is 68.0 cm³/mol. The fourth-order valence-electron chi connectivity index (χ4n) is 2.94. The molecule has 0 bridgehead atoms. The van der Waals surface area contributed by atoms with E-state index in [4.69, 9.17) is 0 Å². The highest BCUT2D eigenvalue weighted by molar-refractivity contribution is 7.10. The topological polar surface area (TPSA) is 20.2 Å². The number of hydrogen-bond acceptors (Lipinski definition) is 2. The largest absolute Gasteiger partial charge is 0.392 e. The van der Waals surface area contributed by atoms with Gasteiger partial charge in [0.15, 0.2) is 0 Å². The molecular weight excluding hydrogens is 216 g/mol. The van der Waals surface area contributed by atoms with Crippen LogP contribution in [0.2, 0.25) is 0 Å². The Hall–Kier alpha value is -0.340. The highest BCUT2D eigenvalue weighted by Crippen LogP contribution is 2.40. The van der Waals surface area contributed by atoms with Gasteiger partial charge in [-0.1, -0.05) is 12.8 Å². The Morgan fingerprint density at radius 1 is 1.38 bits per heavy atom. The zero-order valence-electron chi connectivity index (χ0n) is 9.69. The van der Waals surface area contributed by atoms with Crippen molar-refractivity contribution in [2.75, 3.05) is 0 Å². The van der Waals surface area contributed by atoms with Gasteiger partial charge in [0.1, 0.15) is 0 Å². The van der Waals surface area contributed by atoms with E-state index in [1.54, 1.807) is 0 Å². The van der Waals surface area contributed by atoms with Gasteiger partial charge in [0.2, 0.25) is 0 Å². The lowest BCUT2D eigenvalue weighted by atomic mass is 9.82. The summed E-state index contributed by atoms with van der Waals surface area (Å²) < 4.78 is 0. The normalized spacial score (nSPS) is 26.4. The van der Waals surface area contributed by atoms with Gasteiger partial charge in [-0.25, -0.2) is 0 Å². The van der Waals surface area contributed by atoms with Crippen LogP contribution < -0.4 is 0 Å². The van der Waals surface area contributed by atoms with Gasteiger partial charge in [-0.05, 0) is 55.0 Å². The van der Waals surface area contributed by atoms with Gasteiger partial charge in [0, 0.05) is 10.8 Å². The summed E-state index contributed by atoms with van der Waals surface area (Å²) in [5.74, 6) is 1.38. The number of aryl methyl sites for hydroxylation is 1. The lowest BCUT2D eigenvalue weighted by Gasteiger charge is -2.27. The average Bonchev–Trinajstić information content (AvgIpc) is 3.01. The van der Waals surface area contributed by atoms with Crippen LogP contribution in [-0.4, -0.2) is 11.2 Å². The number of aliphatic hydroxyl groups excluding tert-OH is 1. The second-order valence-electron chi connectivity index (χ2n) is 5.39. The molecule has 16 heavy (non-hydrogen) atoms. The van der Waals surface area contributed by atoms with Gasteiger partial charge in [-0.15, -0.1) is 11.3 Å². The smallest absolute Gasteiger partial charge is 0.0609 e. The molecule has 2 aliphatic carbocycles. The van der Waals surface area contributed by atoms with Crippen LogP contribution in [0.5, 0.6) is 0 Å². The molecule has 1 aromatic heterocycles. The van der Waals surface area contributed by atoms with Crippen LogP contribution in [0.3, 0.4) is 0 Å². The number of hydrogen-bond donors (Lipinski definition) is 1. The first kappa shape index (κ1) is 10.8. The summed E-state index contributed by atoms with van der Waals surface area (Å²) in [6, 6.07) is 2.24. The maximum absolute atomic E-state index is 10.3. The predicted octanol–water partition coefficient (Wildman–Crippen LogP) is 3.72. The van der Waals surface area contributed by atoms with E-state index in [2.05, 4.69) is 11.4 Å². The van der Waals surface area contributed by atoms with Crippen LogP contribution in [0.15, 0.2) is 11.4 Å². The van der Waals surface area contributed by atoms with Crippen molar-refractivity contribution in [2.45, 2.75) is 57.0 Å². The number of rotatable bonds is 4. The van der Waals surface area contributed by atoms with Gasteiger partial charge in [0.05, 0.1) is 6.10 Å². The third-order valence-corrected chi connectivity index (χ3v) is 5.13. The molecule has 0 aliphatic heterocycles. The van der Waals surface area contributed by atoms with Crippen LogP contribution in [0, 0.1) is 5.92 Å². The maximum atomic E-state index is 10.3. The van der Waals surface area contributed by atoms with Crippen LogP contribution in [0.1, 0.15) is 54.9 Å². The van der Waals surface area contributed by atoms with Crippen LogP contribution in [0.25, 0.3) is 0 Å². The lowest BCUT2D eigenvalue weighted by Crippen LogP contribution is -2.22. The molecule has 2 atom stereocenters. The molecule has 0 aromatic carbocycles. The zero-order chi connectivity index (χ0) is 11.0. The second-order valence-corrected chi connectivity index (χ2v) is 6.39. The molecule has 1 aromatic rings. The van der Waals surface area contributed by atoms with Crippen molar-refractivity contribution in [3.8, 4) is 0 Å². The van der Waals surface area contributed by atoms with Crippen molar-refractivity contribution >= 4 is 11.3 Å². The molecule has 1 N–H and O–H groups in total. The maximum Gasteiger partial charge on any atom is 0.0609 e. The number of aliphatic hydroxyl groups is 1. The molecule has 1 nitrogen and oxygen atoms in total. The quantitative estimate of drug-likeness (QED) is 0.844. The molecule has 0 radical (unpaired) electrons. The van der Waals surface area contributed by atoms with Crippen molar-refractivity contribution in [3.05, 3.63) is 21.9 Å². The molecule has 1 saturated carbocycles. The molecule has 2 unspecified atom stereocenters. The summed E-state index contributed by atoms with van der Waals surface area (Å²) in [5.41, 5.74) is 1.46.